The third kappa shape index (κ3) is 4.83. The van der Waals surface area contributed by atoms with Crippen molar-refractivity contribution in [2.45, 2.75) is 25.6 Å². The van der Waals surface area contributed by atoms with Gasteiger partial charge in [0.2, 0.25) is 5.91 Å². The van der Waals surface area contributed by atoms with Crippen LogP contribution in [0.2, 0.25) is 0 Å². The van der Waals surface area contributed by atoms with Crippen LogP contribution in [0.5, 0.6) is 0 Å². The van der Waals surface area contributed by atoms with Crippen molar-refractivity contribution in [2.24, 2.45) is 0 Å². The lowest BCUT2D eigenvalue weighted by molar-refractivity contribution is -0.137. The molecule has 3 nitrogen and oxygen atoms in total. The molecule has 1 aromatic carbocycles. The van der Waals surface area contributed by atoms with Crippen molar-refractivity contribution < 1.29 is 18.0 Å². The smallest absolute Gasteiger partial charge is 0.355 e. The minimum absolute atomic E-state index is 0.0901. The number of nitrogens with one attached hydrogen (secondary N) is 1. The van der Waals surface area contributed by atoms with E-state index in [4.69, 9.17) is 0 Å². The molecule has 25 heavy (non-hydrogen) atoms. The van der Waals surface area contributed by atoms with Gasteiger partial charge in [0.25, 0.3) is 0 Å². The van der Waals surface area contributed by atoms with Crippen LogP contribution in [-0.2, 0) is 30.4 Å². The number of benzene rings is 1. The molecule has 0 aliphatic carbocycles. The Balaban J connectivity index is 1.41. The summed E-state index contributed by atoms with van der Waals surface area (Å²) in [4.78, 5) is 15.7. The average Bonchev–Trinajstić information content (AvgIpc) is 3.02. The highest BCUT2D eigenvalue weighted by Gasteiger charge is 2.29. The number of halogens is 3. The number of fused-ring (bicyclic) bond motifs is 1. The number of amides is 1. The highest BCUT2D eigenvalue weighted by atomic mass is 32.1. The molecule has 0 bridgehead atoms. The Morgan fingerprint density at radius 2 is 1.96 bits per heavy atom. The summed E-state index contributed by atoms with van der Waals surface area (Å²) >= 11 is 1.79. The Kier molecular flexibility index (Phi) is 5.44. The molecule has 1 aromatic heterocycles. The van der Waals surface area contributed by atoms with E-state index < -0.39 is 11.7 Å². The van der Waals surface area contributed by atoms with Crippen molar-refractivity contribution in [3.05, 3.63) is 57.3 Å². The second kappa shape index (κ2) is 7.58. The molecular formula is C18H19F3N2OS. The van der Waals surface area contributed by atoms with Gasteiger partial charge in [-0.2, -0.15) is 13.2 Å². The molecule has 0 fully saturated rings. The summed E-state index contributed by atoms with van der Waals surface area (Å²) in [5.74, 6) is -0.173. The second-order valence-corrected chi connectivity index (χ2v) is 7.12. The van der Waals surface area contributed by atoms with Gasteiger partial charge in [0.05, 0.1) is 12.0 Å². The van der Waals surface area contributed by atoms with E-state index in [0.717, 1.165) is 38.2 Å². The summed E-state index contributed by atoms with van der Waals surface area (Å²) < 4.78 is 37.5. The molecule has 0 spiro atoms. The van der Waals surface area contributed by atoms with Gasteiger partial charge in [-0.25, -0.2) is 0 Å². The summed E-state index contributed by atoms with van der Waals surface area (Å²) in [6, 6.07) is 6.87. The normalized spacial score (nSPS) is 15.0. The third-order valence-corrected chi connectivity index (χ3v) is 5.31. The Labute approximate surface area is 148 Å². The third-order valence-electron chi connectivity index (χ3n) is 4.28. The highest BCUT2D eigenvalue weighted by Crippen LogP contribution is 2.29. The van der Waals surface area contributed by atoms with Gasteiger partial charge in [0.1, 0.15) is 0 Å². The summed E-state index contributed by atoms with van der Waals surface area (Å²) in [6.45, 7) is 3.21. The molecule has 0 saturated heterocycles. The maximum Gasteiger partial charge on any atom is 0.416 e. The quantitative estimate of drug-likeness (QED) is 0.876. The van der Waals surface area contributed by atoms with E-state index in [2.05, 4.69) is 21.7 Å². The average molecular weight is 368 g/mol. The molecule has 2 aromatic rings. The molecule has 0 unspecified atom stereocenters. The first-order valence-electron chi connectivity index (χ1n) is 8.12. The van der Waals surface area contributed by atoms with Crippen LogP contribution in [0, 0.1) is 0 Å². The molecule has 0 saturated carbocycles. The number of alkyl halides is 3. The Bertz CT molecular complexity index is 725. The van der Waals surface area contributed by atoms with Crippen molar-refractivity contribution in [1.29, 1.82) is 0 Å². The maximum absolute atomic E-state index is 12.5. The van der Waals surface area contributed by atoms with Crippen LogP contribution in [0.1, 0.15) is 21.6 Å². The van der Waals surface area contributed by atoms with E-state index in [1.54, 1.807) is 11.3 Å². The molecule has 1 aliphatic heterocycles. The van der Waals surface area contributed by atoms with Crippen LogP contribution in [0.3, 0.4) is 0 Å². The number of nitrogens with zero attached hydrogens (tertiary/aromatic N) is 1. The van der Waals surface area contributed by atoms with E-state index in [1.165, 1.54) is 22.6 Å². The fourth-order valence-corrected chi connectivity index (χ4v) is 3.80. The van der Waals surface area contributed by atoms with Gasteiger partial charge in [-0.3, -0.25) is 9.69 Å². The lowest BCUT2D eigenvalue weighted by Gasteiger charge is -2.26. The Morgan fingerprint density at radius 3 is 2.68 bits per heavy atom. The zero-order valence-electron chi connectivity index (χ0n) is 13.6. The van der Waals surface area contributed by atoms with Crippen molar-refractivity contribution in [3.63, 3.8) is 0 Å². The molecular weight excluding hydrogens is 349 g/mol. The number of hydrogen-bond acceptors (Lipinski definition) is 3. The zero-order chi connectivity index (χ0) is 17.9. The molecule has 0 atom stereocenters. The number of rotatable bonds is 5. The fraction of sp³-hybridized carbons (Fsp3) is 0.389. The standard InChI is InChI=1S/C18H19F3N2OS/c19-18(20,21)15-3-1-13(2-4-15)11-17(24)22-7-9-23-8-5-16-14(12-23)6-10-25-16/h1-4,6,10H,5,7-9,11-12H2,(H,22,24). The molecule has 1 aliphatic rings. The lowest BCUT2D eigenvalue weighted by Crippen LogP contribution is -2.37. The van der Waals surface area contributed by atoms with Crippen molar-refractivity contribution in [2.75, 3.05) is 19.6 Å². The van der Waals surface area contributed by atoms with Gasteiger partial charge < -0.3 is 5.32 Å². The van der Waals surface area contributed by atoms with E-state index in [-0.39, 0.29) is 12.3 Å². The molecule has 134 valence electrons. The van der Waals surface area contributed by atoms with E-state index in [9.17, 15) is 18.0 Å². The molecule has 1 N–H and O–H groups in total. The predicted octanol–water partition coefficient (Wildman–Crippen LogP) is 3.48. The van der Waals surface area contributed by atoms with Gasteiger partial charge in [-0.05, 0) is 41.1 Å². The molecule has 1 amide bonds. The number of hydrogen-bond donors (Lipinski definition) is 1. The van der Waals surface area contributed by atoms with Crippen LogP contribution in [0.4, 0.5) is 13.2 Å². The molecule has 7 heteroatoms. The van der Waals surface area contributed by atoms with Gasteiger partial charge in [0, 0.05) is 31.1 Å². The number of thiophene rings is 1. The Hall–Kier alpha value is -1.86. The largest absolute Gasteiger partial charge is 0.416 e. The first-order chi connectivity index (χ1) is 11.9. The van der Waals surface area contributed by atoms with Crippen molar-refractivity contribution in [1.82, 2.24) is 10.2 Å². The van der Waals surface area contributed by atoms with Crippen LogP contribution < -0.4 is 5.32 Å². The van der Waals surface area contributed by atoms with Crippen LogP contribution in [0.15, 0.2) is 35.7 Å². The summed E-state index contributed by atoms with van der Waals surface area (Å²) in [5, 5.41) is 4.95. The summed E-state index contributed by atoms with van der Waals surface area (Å²) in [5.41, 5.74) is 1.24. The SMILES string of the molecule is O=C(Cc1ccc(C(F)(F)F)cc1)NCCN1CCc2sccc2C1. The highest BCUT2D eigenvalue weighted by molar-refractivity contribution is 7.10. The monoisotopic (exact) mass is 368 g/mol. The maximum atomic E-state index is 12.5. The molecule has 2 heterocycles. The summed E-state index contributed by atoms with van der Waals surface area (Å²) in [7, 11) is 0. The predicted molar refractivity (Wildman–Crippen MR) is 91.5 cm³/mol. The van der Waals surface area contributed by atoms with Gasteiger partial charge in [0.15, 0.2) is 0 Å². The zero-order valence-corrected chi connectivity index (χ0v) is 14.4. The van der Waals surface area contributed by atoms with Gasteiger partial charge >= 0.3 is 6.18 Å². The number of carbonyl (C=O) groups excluding carboxylic acids is 1. The van der Waals surface area contributed by atoms with Gasteiger partial charge in [-0.15, -0.1) is 11.3 Å². The molecule has 0 radical (unpaired) electrons. The first kappa shape index (κ1) is 17.9. The topological polar surface area (TPSA) is 32.3 Å². The van der Waals surface area contributed by atoms with Crippen molar-refractivity contribution >= 4 is 17.2 Å². The first-order valence-corrected chi connectivity index (χ1v) is 9.00. The van der Waals surface area contributed by atoms with Crippen molar-refractivity contribution in [3.8, 4) is 0 Å². The lowest BCUT2D eigenvalue weighted by atomic mass is 10.1. The van der Waals surface area contributed by atoms with Crippen LogP contribution in [0.25, 0.3) is 0 Å². The van der Waals surface area contributed by atoms with Gasteiger partial charge in [-0.1, -0.05) is 12.1 Å². The van der Waals surface area contributed by atoms with E-state index in [0.29, 0.717) is 12.1 Å². The van der Waals surface area contributed by atoms with Crippen LogP contribution >= 0.6 is 11.3 Å². The van der Waals surface area contributed by atoms with E-state index >= 15 is 0 Å². The molecule has 3 rings (SSSR count). The summed E-state index contributed by atoms with van der Waals surface area (Å²) in [6.07, 6.45) is -3.21. The minimum Gasteiger partial charge on any atom is -0.355 e. The Morgan fingerprint density at radius 1 is 1.20 bits per heavy atom. The fourth-order valence-electron chi connectivity index (χ4n) is 2.91. The van der Waals surface area contributed by atoms with Crippen LogP contribution in [-0.4, -0.2) is 30.4 Å². The van der Waals surface area contributed by atoms with E-state index in [1.807, 2.05) is 0 Å². The second-order valence-electron chi connectivity index (χ2n) is 6.12. The minimum atomic E-state index is -4.35. The number of carbonyl (C=O) groups is 1.